The van der Waals surface area contributed by atoms with E-state index in [0.717, 1.165) is 19.3 Å². The molecule has 0 rings (SSSR count). The molecule has 0 saturated heterocycles. The van der Waals surface area contributed by atoms with E-state index in [4.69, 9.17) is 4.74 Å². The zero-order chi connectivity index (χ0) is 13.1. The summed E-state index contributed by atoms with van der Waals surface area (Å²) in [7, 11) is 1.61. The molecule has 5 heteroatoms. The molecule has 2 amide bonds. The first-order valence-corrected chi connectivity index (χ1v) is 6.23. The van der Waals surface area contributed by atoms with Crippen LogP contribution in [0.15, 0.2) is 0 Å². The molecule has 0 unspecified atom stereocenters. The van der Waals surface area contributed by atoms with Gasteiger partial charge >= 0.3 is 11.8 Å². The Morgan fingerprint density at radius 3 is 2.24 bits per heavy atom. The molecule has 5 nitrogen and oxygen atoms in total. The van der Waals surface area contributed by atoms with Gasteiger partial charge < -0.3 is 15.0 Å². The lowest BCUT2D eigenvalue weighted by Gasteiger charge is -2.20. The van der Waals surface area contributed by atoms with Gasteiger partial charge in [0, 0.05) is 33.4 Å². The van der Waals surface area contributed by atoms with Gasteiger partial charge in [0.15, 0.2) is 0 Å². The predicted molar refractivity (Wildman–Crippen MR) is 66.7 cm³/mol. The van der Waals surface area contributed by atoms with Gasteiger partial charge in [-0.25, -0.2) is 0 Å². The van der Waals surface area contributed by atoms with Crippen LogP contribution in [0.1, 0.15) is 33.1 Å². The first-order chi connectivity index (χ1) is 8.17. The van der Waals surface area contributed by atoms with Crippen molar-refractivity contribution in [1.82, 2.24) is 10.2 Å². The Bertz CT molecular complexity index is 226. The van der Waals surface area contributed by atoms with E-state index < -0.39 is 11.8 Å². The smallest absolute Gasteiger partial charge is 0.311 e. The first kappa shape index (κ1) is 15.9. The zero-order valence-corrected chi connectivity index (χ0v) is 11.1. The summed E-state index contributed by atoms with van der Waals surface area (Å²) in [6.07, 6.45) is 2.45. The Morgan fingerprint density at radius 1 is 1.18 bits per heavy atom. The average Bonchev–Trinajstić information content (AvgIpc) is 2.33. The third kappa shape index (κ3) is 6.94. The van der Waals surface area contributed by atoms with E-state index in [9.17, 15) is 9.59 Å². The third-order valence-corrected chi connectivity index (χ3v) is 2.28. The second-order valence-electron chi connectivity index (χ2n) is 3.89. The van der Waals surface area contributed by atoms with E-state index in [1.54, 1.807) is 12.0 Å². The van der Waals surface area contributed by atoms with Gasteiger partial charge in [-0.1, -0.05) is 13.8 Å². The van der Waals surface area contributed by atoms with Gasteiger partial charge in [0.1, 0.15) is 0 Å². The van der Waals surface area contributed by atoms with Crippen LogP contribution in [0.25, 0.3) is 0 Å². The number of nitrogens with zero attached hydrogens (tertiary/aromatic N) is 1. The fraction of sp³-hybridized carbons (Fsp3) is 0.833. The fourth-order valence-electron chi connectivity index (χ4n) is 1.49. The highest BCUT2D eigenvalue weighted by Crippen LogP contribution is 1.95. The minimum absolute atomic E-state index is 0.425. The lowest BCUT2D eigenvalue weighted by molar-refractivity contribution is -0.145. The van der Waals surface area contributed by atoms with Crippen molar-refractivity contribution in [3.05, 3.63) is 0 Å². The van der Waals surface area contributed by atoms with Crippen LogP contribution in [0.3, 0.4) is 0 Å². The van der Waals surface area contributed by atoms with E-state index in [2.05, 4.69) is 5.32 Å². The molecule has 0 aliphatic carbocycles. The monoisotopic (exact) mass is 244 g/mol. The summed E-state index contributed by atoms with van der Waals surface area (Å²) in [5, 5.41) is 2.60. The summed E-state index contributed by atoms with van der Waals surface area (Å²) in [5.74, 6) is -0.936. The van der Waals surface area contributed by atoms with Crippen LogP contribution in [0.4, 0.5) is 0 Å². The number of amides is 2. The van der Waals surface area contributed by atoms with Gasteiger partial charge in [-0.05, 0) is 19.3 Å². The van der Waals surface area contributed by atoms with E-state index in [0.29, 0.717) is 26.2 Å². The number of hydrogen-bond acceptors (Lipinski definition) is 3. The standard InChI is InChI=1S/C12H24N2O3/c1-4-8-14(9-5-2)12(16)11(15)13-7-6-10-17-3/h4-10H2,1-3H3,(H,13,15). The van der Waals surface area contributed by atoms with Crippen LogP contribution in [-0.4, -0.2) is 50.1 Å². The minimum Gasteiger partial charge on any atom is -0.385 e. The van der Waals surface area contributed by atoms with Crippen LogP contribution < -0.4 is 5.32 Å². The highest BCUT2D eigenvalue weighted by Gasteiger charge is 2.19. The zero-order valence-electron chi connectivity index (χ0n) is 11.1. The number of carbonyl (C=O) groups excluding carboxylic acids is 2. The van der Waals surface area contributed by atoms with Crippen molar-refractivity contribution in [2.24, 2.45) is 0 Å². The molecule has 0 aliphatic rings. The summed E-state index contributed by atoms with van der Waals surface area (Å²) >= 11 is 0. The molecule has 0 atom stereocenters. The largest absolute Gasteiger partial charge is 0.385 e. The predicted octanol–water partition coefficient (Wildman–Crippen LogP) is 0.788. The summed E-state index contributed by atoms with van der Waals surface area (Å²) in [6.45, 7) is 6.32. The molecule has 17 heavy (non-hydrogen) atoms. The first-order valence-electron chi connectivity index (χ1n) is 6.23. The lowest BCUT2D eigenvalue weighted by Crippen LogP contribution is -2.44. The molecule has 0 bridgehead atoms. The number of ether oxygens (including phenoxy) is 1. The molecular weight excluding hydrogens is 220 g/mol. The van der Waals surface area contributed by atoms with Crippen LogP contribution in [0.2, 0.25) is 0 Å². The summed E-state index contributed by atoms with van der Waals surface area (Å²) < 4.78 is 4.86. The van der Waals surface area contributed by atoms with Gasteiger partial charge in [0.2, 0.25) is 0 Å². The van der Waals surface area contributed by atoms with E-state index >= 15 is 0 Å². The average molecular weight is 244 g/mol. The third-order valence-electron chi connectivity index (χ3n) is 2.28. The van der Waals surface area contributed by atoms with Gasteiger partial charge in [-0.2, -0.15) is 0 Å². The SMILES string of the molecule is CCCN(CCC)C(=O)C(=O)NCCCOC. The van der Waals surface area contributed by atoms with Crippen LogP contribution in [0.5, 0.6) is 0 Å². The number of rotatable bonds is 8. The van der Waals surface area contributed by atoms with Gasteiger partial charge in [-0.15, -0.1) is 0 Å². The van der Waals surface area contributed by atoms with Gasteiger partial charge in [-0.3, -0.25) is 9.59 Å². The molecule has 0 aromatic heterocycles. The lowest BCUT2D eigenvalue weighted by atomic mass is 10.3. The van der Waals surface area contributed by atoms with Crippen molar-refractivity contribution in [3.63, 3.8) is 0 Å². The number of hydrogen-bond donors (Lipinski definition) is 1. The highest BCUT2D eigenvalue weighted by molar-refractivity contribution is 6.34. The number of nitrogens with one attached hydrogen (secondary N) is 1. The minimum atomic E-state index is -0.511. The molecule has 100 valence electrons. The second-order valence-corrected chi connectivity index (χ2v) is 3.89. The summed E-state index contributed by atoms with van der Waals surface area (Å²) in [5.41, 5.74) is 0. The molecule has 0 saturated carbocycles. The Balaban J connectivity index is 4.02. The van der Waals surface area contributed by atoms with Crippen LogP contribution in [0, 0.1) is 0 Å². The van der Waals surface area contributed by atoms with Crippen molar-refractivity contribution >= 4 is 11.8 Å². The van der Waals surface area contributed by atoms with Crippen LogP contribution >= 0.6 is 0 Å². The fourth-order valence-corrected chi connectivity index (χ4v) is 1.49. The topological polar surface area (TPSA) is 58.6 Å². The molecule has 0 heterocycles. The Hall–Kier alpha value is -1.10. The Kier molecular flexibility index (Phi) is 9.43. The summed E-state index contributed by atoms with van der Waals surface area (Å²) in [6, 6.07) is 0. The molecule has 0 aromatic carbocycles. The van der Waals surface area contributed by atoms with Crippen molar-refractivity contribution in [3.8, 4) is 0 Å². The Labute approximate surface area is 103 Å². The van der Waals surface area contributed by atoms with E-state index in [-0.39, 0.29) is 0 Å². The van der Waals surface area contributed by atoms with Gasteiger partial charge in [0.05, 0.1) is 0 Å². The van der Waals surface area contributed by atoms with E-state index in [1.807, 2.05) is 13.8 Å². The second kappa shape index (κ2) is 10.1. The maximum Gasteiger partial charge on any atom is 0.311 e. The van der Waals surface area contributed by atoms with Crippen molar-refractivity contribution < 1.29 is 14.3 Å². The van der Waals surface area contributed by atoms with E-state index in [1.165, 1.54) is 0 Å². The van der Waals surface area contributed by atoms with Gasteiger partial charge in [0.25, 0.3) is 0 Å². The number of carbonyl (C=O) groups is 2. The van der Waals surface area contributed by atoms with Crippen LogP contribution in [-0.2, 0) is 14.3 Å². The molecule has 1 N–H and O–H groups in total. The quantitative estimate of drug-likeness (QED) is 0.507. The van der Waals surface area contributed by atoms with Crippen molar-refractivity contribution in [2.45, 2.75) is 33.1 Å². The molecule has 0 spiro atoms. The maximum absolute atomic E-state index is 11.8. The molecule has 0 fully saturated rings. The van der Waals surface area contributed by atoms with Crippen molar-refractivity contribution in [2.75, 3.05) is 33.4 Å². The normalized spacial score (nSPS) is 10.1. The highest BCUT2D eigenvalue weighted by atomic mass is 16.5. The molecule has 0 aromatic rings. The van der Waals surface area contributed by atoms with Crippen molar-refractivity contribution in [1.29, 1.82) is 0 Å². The number of methoxy groups -OCH3 is 1. The summed E-state index contributed by atoms with van der Waals surface area (Å²) in [4.78, 5) is 24.9. The Morgan fingerprint density at radius 2 is 1.76 bits per heavy atom. The molecule has 0 radical (unpaired) electrons. The maximum atomic E-state index is 11.8. The molecule has 0 aliphatic heterocycles. The molecular formula is C12H24N2O3.